The first-order valence-corrected chi connectivity index (χ1v) is 10.6. The van der Waals surface area contributed by atoms with Gasteiger partial charge in [0.2, 0.25) is 0 Å². The fraction of sp³-hybridized carbons (Fsp3) is 0.435. The molecule has 1 unspecified atom stereocenters. The zero-order valence-corrected chi connectivity index (χ0v) is 17.4. The lowest BCUT2D eigenvalue weighted by Gasteiger charge is -2.36. The number of nitrogens with one attached hydrogen (secondary N) is 2. The van der Waals surface area contributed by atoms with Crippen LogP contribution in [-0.2, 0) is 11.2 Å². The summed E-state index contributed by atoms with van der Waals surface area (Å²) in [5.41, 5.74) is 4.45. The molecule has 2 aromatic carbocycles. The minimum absolute atomic E-state index is 0.0744. The number of hydrogen-bond donors (Lipinski definition) is 2. The number of ether oxygens (including phenoxy) is 1. The lowest BCUT2D eigenvalue weighted by Crippen LogP contribution is -2.44. The summed E-state index contributed by atoms with van der Waals surface area (Å²) in [7, 11) is 2.14. The average molecular weight is 413 g/mol. The molecule has 2 N–H and O–H groups in total. The molecule has 0 bridgehead atoms. The third-order valence-corrected chi connectivity index (χ3v) is 5.88. The fourth-order valence-electron chi connectivity index (χ4n) is 4.26. The maximum Gasteiger partial charge on any atom is 0.319 e. The Balaban J connectivity index is 1.47. The number of aryl methyl sites for hydroxylation is 1. The van der Waals surface area contributed by atoms with E-state index in [0.29, 0.717) is 25.4 Å². The quantitative estimate of drug-likeness (QED) is 0.790. The lowest BCUT2D eigenvalue weighted by atomic mass is 9.95. The van der Waals surface area contributed by atoms with Crippen LogP contribution >= 0.6 is 0 Å². The molecule has 2 aromatic rings. The van der Waals surface area contributed by atoms with Gasteiger partial charge in [-0.1, -0.05) is 12.1 Å². The van der Waals surface area contributed by atoms with Crippen molar-refractivity contribution in [2.45, 2.75) is 18.9 Å². The number of carbonyl (C=O) groups excluding carboxylic acids is 1. The summed E-state index contributed by atoms with van der Waals surface area (Å²) in [6, 6.07) is 12.2. The summed E-state index contributed by atoms with van der Waals surface area (Å²) in [5, 5.41) is 5.76. The first-order valence-electron chi connectivity index (χ1n) is 10.6. The summed E-state index contributed by atoms with van der Waals surface area (Å²) >= 11 is 0. The van der Waals surface area contributed by atoms with Crippen LogP contribution in [0.3, 0.4) is 0 Å². The topological polar surface area (TPSA) is 56.8 Å². The minimum Gasteiger partial charge on any atom is -0.379 e. The smallest absolute Gasteiger partial charge is 0.319 e. The molecule has 0 spiro atoms. The molecule has 2 amide bonds. The Morgan fingerprint density at radius 1 is 1.13 bits per heavy atom. The van der Waals surface area contributed by atoms with E-state index in [9.17, 15) is 9.18 Å². The highest BCUT2D eigenvalue weighted by Crippen LogP contribution is 2.31. The van der Waals surface area contributed by atoms with Gasteiger partial charge in [0, 0.05) is 44.6 Å². The zero-order valence-electron chi connectivity index (χ0n) is 17.4. The molecule has 7 heteroatoms. The molecular weight excluding hydrogens is 383 g/mol. The van der Waals surface area contributed by atoms with Crippen molar-refractivity contribution in [1.82, 2.24) is 10.2 Å². The van der Waals surface area contributed by atoms with Crippen molar-refractivity contribution in [1.29, 1.82) is 0 Å². The fourth-order valence-corrected chi connectivity index (χ4v) is 4.26. The van der Waals surface area contributed by atoms with E-state index in [4.69, 9.17) is 4.74 Å². The molecule has 1 saturated heterocycles. The van der Waals surface area contributed by atoms with Gasteiger partial charge in [-0.05, 0) is 54.3 Å². The Morgan fingerprint density at radius 2 is 1.90 bits per heavy atom. The molecule has 4 rings (SSSR count). The predicted molar refractivity (Wildman–Crippen MR) is 117 cm³/mol. The van der Waals surface area contributed by atoms with E-state index in [1.165, 1.54) is 28.9 Å². The number of halogens is 1. The second-order valence-corrected chi connectivity index (χ2v) is 7.92. The number of nitrogens with zero attached hydrogens (tertiary/aromatic N) is 2. The lowest BCUT2D eigenvalue weighted by molar-refractivity contribution is 0.0167. The Hall–Kier alpha value is -2.64. The number of morpholine rings is 1. The van der Waals surface area contributed by atoms with Crippen LogP contribution in [0.4, 0.5) is 20.6 Å². The van der Waals surface area contributed by atoms with E-state index < -0.39 is 0 Å². The van der Waals surface area contributed by atoms with Crippen molar-refractivity contribution in [3.8, 4) is 0 Å². The van der Waals surface area contributed by atoms with Crippen molar-refractivity contribution in [3.05, 3.63) is 59.4 Å². The molecule has 0 radical (unpaired) electrons. The number of fused-ring (bicyclic) bond motifs is 1. The number of benzene rings is 2. The van der Waals surface area contributed by atoms with Gasteiger partial charge in [0.25, 0.3) is 0 Å². The van der Waals surface area contributed by atoms with Crippen LogP contribution < -0.4 is 15.5 Å². The first-order chi connectivity index (χ1) is 14.6. The number of urea groups is 1. The van der Waals surface area contributed by atoms with Gasteiger partial charge in [-0.3, -0.25) is 4.90 Å². The van der Waals surface area contributed by atoms with Gasteiger partial charge in [0.15, 0.2) is 0 Å². The van der Waals surface area contributed by atoms with Gasteiger partial charge in [0.05, 0.1) is 19.3 Å². The largest absolute Gasteiger partial charge is 0.379 e. The van der Waals surface area contributed by atoms with Crippen LogP contribution in [0.2, 0.25) is 0 Å². The molecule has 0 aromatic heterocycles. The Labute approximate surface area is 177 Å². The molecule has 2 aliphatic heterocycles. The van der Waals surface area contributed by atoms with E-state index in [-0.39, 0.29) is 17.9 Å². The van der Waals surface area contributed by atoms with Crippen LogP contribution in [-0.4, -0.2) is 57.4 Å². The highest BCUT2D eigenvalue weighted by Gasteiger charge is 2.25. The maximum atomic E-state index is 13.1. The SMILES string of the molecule is CN1CCCc2cc(C(CNC(=O)Nc3ccc(F)cc3)N3CCOCC3)ccc21. The van der Waals surface area contributed by atoms with Gasteiger partial charge >= 0.3 is 6.03 Å². The van der Waals surface area contributed by atoms with Gasteiger partial charge in [-0.25, -0.2) is 9.18 Å². The molecule has 2 heterocycles. The third-order valence-electron chi connectivity index (χ3n) is 5.88. The van der Waals surface area contributed by atoms with Crippen molar-refractivity contribution in [2.75, 3.05) is 56.7 Å². The van der Waals surface area contributed by atoms with E-state index in [0.717, 1.165) is 32.5 Å². The standard InChI is InChI=1S/C23H29FN4O2/c1-27-10-2-3-17-15-18(4-9-21(17)27)22(28-11-13-30-14-12-28)16-25-23(29)26-20-7-5-19(24)6-8-20/h4-9,15,22H,2-3,10-14,16H2,1H3,(H2,25,26,29). The Bertz CT molecular complexity index is 868. The van der Waals surface area contributed by atoms with Crippen molar-refractivity contribution >= 4 is 17.4 Å². The Kier molecular flexibility index (Phi) is 6.50. The highest BCUT2D eigenvalue weighted by atomic mass is 19.1. The van der Waals surface area contributed by atoms with Crippen LogP contribution in [0, 0.1) is 5.82 Å². The van der Waals surface area contributed by atoms with Crippen LogP contribution in [0.25, 0.3) is 0 Å². The molecular formula is C23H29FN4O2. The summed E-state index contributed by atoms with van der Waals surface area (Å²) in [5.74, 6) is -0.327. The van der Waals surface area contributed by atoms with Crippen LogP contribution in [0.5, 0.6) is 0 Å². The number of carbonyl (C=O) groups is 1. The normalized spacial score (nSPS) is 17.9. The van der Waals surface area contributed by atoms with Gasteiger partial charge in [-0.2, -0.15) is 0 Å². The Morgan fingerprint density at radius 3 is 2.67 bits per heavy atom. The average Bonchev–Trinajstić information content (AvgIpc) is 2.76. The maximum absolute atomic E-state index is 13.1. The molecule has 2 aliphatic rings. The molecule has 6 nitrogen and oxygen atoms in total. The summed E-state index contributed by atoms with van der Waals surface area (Å²) in [4.78, 5) is 17.1. The number of rotatable bonds is 5. The second-order valence-electron chi connectivity index (χ2n) is 7.92. The molecule has 0 aliphatic carbocycles. The summed E-state index contributed by atoms with van der Waals surface area (Å²) < 4.78 is 18.6. The highest BCUT2D eigenvalue weighted by molar-refractivity contribution is 5.89. The van der Waals surface area contributed by atoms with E-state index in [1.807, 2.05) is 0 Å². The van der Waals surface area contributed by atoms with E-state index in [2.05, 4.69) is 45.7 Å². The number of hydrogen-bond acceptors (Lipinski definition) is 4. The van der Waals surface area contributed by atoms with Crippen LogP contribution in [0.15, 0.2) is 42.5 Å². The second kappa shape index (κ2) is 9.45. The monoisotopic (exact) mass is 412 g/mol. The molecule has 30 heavy (non-hydrogen) atoms. The van der Waals surface area contributed by atoms with E-state index >= 15 is 0 Å². The minimum atomic E-state index is -0.327. The van der Waals surface area contributed by atoms with Crippen molar-refractivity contribution in [3.63, 3.8) is 0 Å². The predicted octanol–water partition coefficient (Wildman–Crippen LogP) is 3.40. The summed E-state index contributed by atoms with van der Waals surface area (Å²) in [6.07, 6.45) is 2.25. The molecule has 1 fully saturated rings. The molecule has 0 saturated carbocycles. The third kappa shape index (κ3) is 4.91. The van der Waals surface area contributed by atoms with Gasteiger partial charge in [-0.15, -0.1) is 0 Å². The van der Waals surface area contributed by atoms with Gasteiger partial charge < -0.3 is 20.3 Å². The summed E-state index contributed by atoms with van der Waals surface area (Å²) in [6.45, 7) is 4.65. The molecule has 1 atom stereocenters. The van der Waals surface area contributed by atoms with E-state index in [1.54, 1.807) is 12.1 Å². The number of anilines is 2. The van der Waals surface area contributed by atoms with Gasteiger partial charge in [0.1, 0.15) is 5.82 Å². The molecule has 160 valence electrons. The van der Waals surface area contributed by atoms with Crippen molar-refractivity contribution in [2.24, 2.45) is 0 Å². The van der Waals surface area contributed by atoms with Crippen molar-refractivity contribution < 1.29 is 13.9 Å². The van der Waals surface area contributed by atoms with Crippen LogP contribution in [0.1, 0.15) is 23.6 Å². The number of amides is 2. The first kappa shape index (κ1) is 20.6. The zero-order chi connectivity index (χ0) is 20.9.